The molecule has 1 aliphatic rings. The Kier molecular flexibility index (Phi) is 5.62. The monoisotopic (exact) mass is 338 g/mol. The Morgan fingerprint density at radius 3 is 2.83 bits per heavy atom. The van der Waals surface area contributed by atoms with Crippen LogP contribution < -0.4 is 11.1 Å². The molecule has 1 amide bonds. The molecule has 126 valence electrons. The second-order valence-electron chi connectivity index (χ2n) is 5.78. The number of fused-ring (bicyclic) bond motifs is 1. The zero-order chi connectivity index (χ0) is 15.6. The smallest absolute Gasteiger partial charge is 0.232 e. The molecule has 0 spiro atoms. The molecule has 2 heterocycles. The molecule has 7 heteroatoms. The summed E-state index contributed by atoms with van der Waals surface area (Å²) in [6.45, 7) is 4.37. The molecule has 2 aromatic rings. The van der Waals surface area contributed by atoms with Gasteiger partial charge in [0, 0.05) is 37.4 Å². The van der Waals surface area contributed by atoms with E-state index >= 15 is 0 Å². The van der Waals surface area contributed by atoms with Crippen LogP contribution in [0.4, 0.5) is 5.69 Å². The van der Waals surface area contributed by atoms with Crippen LogP contribution in [0, 0.1) is 5.41 Å². The van der Waals surface area contributed by atoms with E-state index in [9.17, 15) is 4.79 Å². The van der Waals surface area contributed by atoms with Gasteiger partial charge in [-0.3, -0.25) is 9.48 Å². The lowest BCUT2D eigenvalue weighted by atomic mass is 9.79. The largest absolute Gasteiger partial charge is 0.381 e. The van der Waals surface area contributed by atoms with Crippen molar-refractivity contribution < 1.29 is 9.53 Å². The van der Waals surface area contributed by atoms with Gasteiger partial charge in [0.2, 0.25) is 5.91 Å². The Balaban J connectivity index is 0.00000192. The second-order valence-corrected chi connectivity index (χ2v) is 5.78. The molecule has 23 heavy (non-hydrogen) atoms. The maximum absolute atomic E-state index is 12.7. The lowest BCUT2D eigenvalue weighted by Gasteiger charge is -2.34. The second kappa shape index (κ2) is 7.29. The SMILES string of the molecule is CCn1ncc2ccc(NC(=O)C3(CN)CCOCC3)cc21.Cl. The van der Waals surface area contributed by atoms with Crippen molar-refractivity contribution in [2.75, 3.05) is 25.1 Å². The number of benzene rings is 1. The van der Waals surface area contributed by atoms with Crippen LogP contribution in [0.5, 0.6) is 0 Å². The minimum Gasteiger partial charge on any atom is -0.381 e. The Hall–Kier alpha value is -1.63. The number of aromatic nitrogens is 2. The number of carbonyl (C=O) groups excluding carboxylic acids is 1. The van der Waals surface area contributed by atoms with E-state index in [1.54, 1.807) is 0 Å². The number of hydrogen-bond acceptors (Lipinski definition) is 4. The number of halogens is 1. The van der Waals surface area contributed by atoms with Crippen LogP contribution in [-0.4, -0.2) is 35.4 Å². The van der Waals surface area contributed by atoms with E-state index in [-0.39, 0.29) is 18.3 Å². The molecular formula is C16H23ClN4O2. The molecule has 0 atom stereocenters. The predicted octanol–water partition coefficient (Wildman–Crippen LogP) is 2.17. The summed E-state index contributed by atoms with van der Waals surface area (Å²) in [6, 6.07) is 5.85. The number of nitrogens with two attached hydrogens (primary N) is 1. The number of amides is 1. The van der Waals surface area contributed by atoms with Crippen molar-refractivity contribution in [1.82, 2.24) is 9.78 Å². The number of ether oxygens (including phenoxy) is 1. The van der Waals surface area contributed by atoms with Crippen molar-refractivity contribution >= 4 is 34.9 Å². The number of anilines is 1. The molecule has 6 nitrogen and oxygen atoms in total. The van der Waals surface area contributed by atoms with Crippen LogP contribution in [-0.2, 0) is 16.1 Å². The fourth-order valence-corrected chi connectivity index (χ4v) is 2.95. The highest BCUT2D eigenvalue weighted by Gasteiger charge is 2.38. The summed E-state index contributed by atoms with van der Waals surface area (Å²) in [7, 11) is 0. The first-order valence-electron chi connectivity index (χ1n) is 7.73. The molecule has 1 saturated heterocycles. The van der Waals surface area contributed by atoms with E-state index < -0.39 is 5.41 Å². The highest BCUT2D eigenvalue weighted by atomic mass is 35.5. The molecule has 0 bridgehead atoms. The van der Waals surface area contributed by atoms with Gasteiger partial charge in [0.05, 0.1) is 17.1 Å². The molecule has 3 N–H and O–H groups in total. The van der Waals surface area contributed by atoms with Crippen molar-refractivity contribution in [3.05, 3.63) is 24.4 Å². The molecule has 0 unspecified atom stereocenters. The van der Waals surface area contributed by atoms with Gasteiger partial charge in [-0.05, 0) is 38.0 Å². The van der Waals surface area contributed by atoms with Gasteiger partial charge in [-0.1, -0.05) is 0 Å². The number of rotatable bonds is 4. The summed E-state index contributed by atoms with van der Waals surface area (Å²) in [5.41, 5.74) is 7.17. The van der Waals surface area contributed by atoms with Gasteiger partial charge < -0.3 is 15.8 Å². The third-order valence-electron chi connectivity index (χ3n) is 4.52. The van der Waals surface area contributed by atoms with Crippen molar-refractivity contribution in [1.29, 1.82) is 0 Å². The third-order valence-corrected chi connectivity index (χ3v) is 4.52. The molecule has 1 aliphatic heterocycles. The number of carbonyl (C=O) groups is 1. The third kappa shape index (κ3) is 3.34. The number of hydrogen-bond donors (Lipinski definition) is 2. The van der Waals surface area contributed by atoms with Crippen LogP contribution in [0.3, 0.4) is 0 Å². The molecule has 1 aromatic heterocycles. The molecular weight excluding hydrogens is 316 g/mol. The number of nitrogens with one attached hydrogen (secondary N) is 1. The maximum Gasteiger partial charge on any atom is 0.232 e. The first kappa shape index (κ1) is 17.7. The van der Waals surface area contributed by atoms with E-state index in [1.807, 2.05) is 36.0 Å². The summed E-state index contributed by atoms with van der Waals surface area (Å²) in [4.78, 5) is 12.7. The Labute approximate surface area is 141 Å². The normalized spacial score (nSPS) is 16.8. The number of aryl methyl sites for hydroxylation is 1. The molecule has 0 aliphatic carbocycles. The zero-order valence-corrected chi connectivity index (χ0v) is 14.1. The lowest BCUT2D eigenvalue weighted by Crippen LogP contribution is -2.46. The van der Waals surface area contributed by atoms with Gasteiger partial charge in [-0.15, -0.1) is 12.4 Å². The topological polar surface area (TPSA) is 82.2 Å². The molecule has 1 fully saturated rings. The molecule has 1 aromatic carbocycles. The fraction of sp³-hybridized carbons (Fsp3) is 0.500. The standard InChI is InChI=1S/C16H22N4O2.ClH/c1-2-20-14-9-13(4-3-12(14)10-18-20)19-15(21)16(11-17)5-7-22-8-6-16;/h3-4,9-10H,2,5-8,11,17H2,1H3,(H,19,21);1H. The van der Waals surface area contributed by atoms with Gasteiger partial charge >= 0.3 is 0 Å². The maximum atomic E-state index is 12.7. The predicted molar refractivity (Wildman–Crippen MR) is 92.8 cm³/mol. The van der Waals surface area contributed by atoms with E-state index in [0.717, 1.165) is 23.1 Å². The minimum atomic E-state index is -0.516. The van der Waals surface area contributed by atoms with Gasteiger partial charge in [-0.2, -0.15) is 5.10 Å². The first-order valence-corrected chi connectivity index (χ1v) is 7.73. The lowest BCUT2D eigenvalue weighted by molar-refractivity contribution is -0.130. The summed E-state index contributed by atoms with van der Waals surface area (Å²) in [5.74, 6) is -0.0137. The molecule has 0 radical (unpaired) electrons. The van der Waals surface area contributed by atoms with Gasteiger partial charge in [0.25, 0.3) is 0 Å². The quantitative estimate of drug-likeness (QED) is 0.895. The summed E-state index contributed by atoms with van der Waals surface area (Å²) < 4.78 is 7.27. The van der Waals surface area contributed by atoms with Crippen molar-refractivity contribution in [2.24, 2.45) is 11.1 Å². The van der Waals surface area contributed by atoms with Crippen LogP contribution in [0.1, 0.15) is 19.8 Å². The van der Waals surface area contributed by atoms with E-state index in [1.165, 1.54) is 0 Å². The highest BCUT2D eigenvalue weighted by Crippen LogP contribution is 2.31. The minimum absolute atomic E-state index is 0. The first-order chi connectivity index (χ1) is 10.7. The molecule has 0 saturated carbocycles. The average Bonchev–Trinajstić information content (AvgIpc) is 2.97. The van der Waals surface area contributed by atoms with Gasteiger partial charge in [0.15, 0.2) is 0 Å². The summed E-state index contributed by atoms with van der Waals surface area (Å²) >= 11 is 0. The van der Waals surface area contributed by atoms with E-state index in [0.29, 0.717) is 32.6 Å². The Bertz CT molecular complexity index is 680. The fourth-order valence-electron chi connectivity index (χ4n) is 2.95. The Morgan fingerprint density at radius 1 is 1.43 bits per heavy atom. The van der Waals surface area contributed by atoms with Gasteiger partial charge in [0.1, 0.15) is 0 Å². The van der Waals surface area contributed by atoms with Crippen molar-refractivity contribution in [3.8, 4) is 0 Å². The highest BCUT2D eigenvalue weighted by molar-refractivity contribution is 5.97. The van der Waals surface area contributed by atoms with E-state index in [4.69, 9.17) is 10.5 Å². The van der Waals surface area contributed by atoms with E-state index in [2.05, 4.69) is 10.4 Å². The van der Waals surface area contributed by atoms with Crippen LogP contribution in [0.2, 0.25) is 0 Å². The summed E-state index contributed by atoms with van der Waals surface area (Å²) in [5, 5.41) is 8.41. The summed E-state index contributed by atoms with van der Waals surface area (Å²) in [6.07, 6.45) is 3.18. The zero-order valence-electron chi connectivity index (χ0n) is 13.2. The van der Waals surface area contributed by atoms with Crippen molar-refractivity contribution in [3.63, 3.8) is 0 Å². The van der Waals surface area contributed by atoms with Crippen LogP contribution in [0.15, 0.2) is 24.4 Å². The van der Waals surface area contributed by atoms with Crippen molar-refractivity contribution in [2.45, 2.75) is 26.3 Å². The van der Waals surface area contributed by atoms with Gasteiger partial charge in [-0.25, -0.2) is 0 Å². The average molecular weight is 339 g/mol. The van der Waals surface area contributed by atoms with Crippen LogP contribution >= 0.6 is 12.4 Å². The Morgan fingerprint density at radius 2 is 2.17 bits per heavy atom. The molecule has 3 rings (SSSR count). The van der Waals surface area contributed by atoms with Crippen LogP contribution in [0.25, 0.3) is 10.9 Å². The number of nitrogens with zero attached hydrogens (tertiary/aromatic N) is 2.